The Morgan fingerprint density at radius 1 is 1.47 bits per heavy atom. The zero-order valence-corrected chi connectivity index (χ0v) is 11.6. The van der Waals surface area contributed by atoms with Crippen molar-refractivity contribution in [2.24, 2.45) is 0 Å². The van der Waals surface area contributed by atoms with Crippen molar-refractivity contribution in [1.82, 2.24) is 9.55 Å². The van der Waals surface area contributed by atoms with E-state index in [1.54, 1.807) is 13.3 Å². The van der Waals surface area contributed by atoms with Crippen molar-refractivity contribution in [3.8, 4) is 0 Å². The number of rotatable bonds is 7. The number of methoxy groups -OCH3 is 1. The highest BCUT2D eigenvalue weighted by Crippen LogP contribution is 2.20. The van der Waals surface area contributed by atoms with E-state index >= 15 is 0 Å². The van der Waals surface area contributed by atoms with Gasteiger partial charge in [0.05, 0.1) is 17.6 Å². The highest BCUT2D eigenvalue weighted by Gasteiger charge is 2.06. The molecule has 0 aromatic carbocycles. The molecule has 0 aliphatic heterocycles. The molecule has 0 atom stereocenters. The van der Waals surface area contributed by atoms with Gasteiger partial charge < -0.3 is 14.0 Å². The van der Waals surface area contributed by atoms with E-state index < -0.39 is 0 Å². The van der Waals surface area contributed by atoms with Gasteiger partial charge in [-0.05, 0) is 25.5 Å². The molecular formula is C15H20N2O2. The van der Waals surface area contributed by atoms with Crippen molar-refractivity contribution in [3.63, 3.8) is 0 Å². The van der Waals surface area contributed by atoms with Gasteiger partial charge in [-0.3, -0.25) is 4.98 Å². The third kappa shape index (κ3) is 3.15. The molecule has 0 amide bonds. The van der Waals surface area contributed by atoms with Gasteiger partial charge in [0, 0.05) is 38.2 Å². The van der Waals surface area contributed by atoms with Crippen molar-refractivity contribution in [3.05, 3.63) is 36.7 Å². The Balaban J connectivity index is 2.24. The fourth-order valence-corrected chi connectivity index (χ4v) is 2.05. The van der Waals surface area contributed by atoms with E-state index in [0.29, 0.717) is 12.4 Å². The van der Waals surface area contributed by atoms with E-state index in [9.17, 15) is 0 Å². The smallest absolute Gasteiger partial charge is 0.120 e. The number of aryl methyl sites for hydroxylation is 1. The summed E-state index contributed by atoms with van der Waals surface area (Å²) >= 11 is 0. The van der Waals surface area contributed by atoms with E-state index in [1.165, 1.54) is 0 Å². The minimum atomic E-state index is 0.617. The molecule has 102 valence electrons. The van der Waals surface area contributed by atoms with E-state index in [2.05, 4.69) is 28.4 Å². The van der Waals surface area contributed by atoms with Crippen LogP contribution in [0, 0.1) is 0 Å². The number of fused-ring (bicyclic) bond motifs is 1. The monoisotopic (exact) mass is 260 g/mol. The molecule has 2 aromatic heterocycles. The van der Waals surface area contributed by atoms with Crippen molar-refractivity contribution in [2.75, 3.05) is 20.3 Å². The van der Waals surface area contributed by atoms with Crippen LogP contribution in [0.1, 0.15) is 18.9 Å². The van der Waals surface area contributed by atoms with Crippen LogP contribution in [0.4, 0.5) is 0 Å². The van der Waals surface area contributed by atoms with Crippen molar-refractivity contribution in [1.29, 1.82) is 0 Å². The van der Waals surface area contributed by atoms with Gasteiger partial charge >= 0.3 is 0 Å². The first-order valence-corrected chi connectivity index (χ1v) is 6.52. The molecule has 4 nitrogen and oxygen atoms in total. The Kier molecular flexibility index (Phi) is 4.58. The van der Waals surface area contributed by atoms with Gasteiger partial charge in [-0.25, -0.2) is 0 Å². The molecule has 0 bridgehead atoms. The number of hydrogen-bond acceptors (Lipinski definition) is 3. The minimum Gasteiger partial charge on any atom is -0.494 e. The van der Waals surface area contributed by atoms with E-state index in [1.807, 2.05) is 13.0 Å². The van der Waals surface area contributed by atoms with Gasteiger partial charge in [0.25, 0.3) is 0 Å². The van der Waals surface area contributed by atoms with E-state index in [4.69, 9.17) is 9.47 Å². The molecule has 2 aromatic rings. The molecule has 0 unspecified atom stereocenters. The van der Waals surface area contributed by atoms with Gasteiger partial charge in [0.15, 0.2) is 0 Å². The summed E-state index contributed by atoms with van der Waals surface area (Å²) in [7, 11) is 1.72. The first-order chi connectivity index (χ1) is 9.26. The zero-order valence-electron chi connectivity index (χ0n) is 11.6. The van der Waals surface area contributed by atoms with Gasteiger partial charge in [-0.1, -0.05) is 6.58 Å². The summed E-state index contributed by atoms with van der Waals surface area (Å²) in [4.78, 5) is 4.44. The third-order valence-electron chi connectivity index (χ3n) is 3.01. The Morgan fingerprint density at radius 2 is 2.32 bits per heavy atom. The molecular weight excluding hydrogens is 240 g/mol. The lowest BCUT2D eigenvalue weighted by molar-refractivity contribution is 0.190. The van der Waals surface area contributed by atoms with E-state index in [-0.39, 0.29) is 0 Å². The molecule has 0 aliphatic rings. The zero-order chi connectivity index (χ0) is 13.7. The standard InChI is InChI=1S/C15H20N2O2/c1-4-19-12(2)13-10-15-14(16-11-13)6-8-17(15)7-5-9-18-3/h6,8,10-11H,2,4-5,7,9H2,1,3H3. The number of pyridine rings is 1. The quantitative estimate of drug-likeness (QED) is 0.567. The number of ether oxygens (including phenoxy) is 2. The highest BCUT2D eigenvalue weighted by molar-refractivity contribution is 5.79. The summed E-state index contributed by atoms with van der Waals surface area (Å²) in [5.41, 5.74) is 3.03. The number of nitrogens with zero attached hydrogens (tertiary/aromatic N) is 2. The third-order valence-corrected chi connectivity index (χ3v) is 3.01. The van der Waals surface area contributed by atoms with Gasteiger partial charge in [-0.2, -0.15) is 0 Å². The van der Waals surface area contributed by atoms with Crippen LogP contribution < -0.4 is 0 Å². The van der Waals surface area contributed by atoms with Crippen LogP contribution in [0.2, 0.25) is 0 Å². The average molecular weight is 260 g/mol. The van der Waals surface area contributed by atoms with Crippen LogP contribution in [0.15, 0.2) is 31.1 Å². The molecule has 0 N–H and O–H groups in total. The Labute approximate surface area is 113 Å². The maximum atomic E-state index is 5.43. The van der Waals surface area contributed by atoms with Gasteiger partial charge in [-0.15, -0.1) is 0 Å². The minimum absolute atomic E-state index is 0.617. The predicted octanol–water partition coefficient (Wildman–Crippen LogP) is 3.08. The maximum Gasteiger partial charge on any atom is 0.120 e. The van der Waals surface area contributed by atoms with Crippen molar-refractivity contribution >= 4 is 16.8 Å². The molecule has 2 heterocycles. The lowest BCUT2D eigenvalue weighted by Crippen LogP contribution is -2.00. The van der Waals surface area contributed by atoms with Crippen LogP contribution in [-0.2, 0) is 16.0 Å². The lowest BCUT2D eigenvalue weighted by Gasteiger charge is -2.08. The Hall–Kier alpha value is -1.81. The molecule has 4 heteroatoms. The molecule has 0 fully saturated rings. The first-order valence-electron chi connectivity index (χ1n) is 6.52. The normalized spacial score (nSPS) is 10.8. The highest BCUT2D eigenvalue weighted by atomic mass is 16.5. The predicted molar refractivity (Wildman–Crippen MR) is 76.9 cm³/mol. The summed E-state index contributed by atoms with van der Waals surface area (Å²) in [6.45, 7) is 8.17. The lowest BCUT2D eigenvalue weighted by atomic mass is 10.2. The van der Waals surface area contributed by atoms with Gasteiger partial charge in [0.2, 0.25) is 0 Å². The van der Waals surface area contributed by atoms with Crippen LogP contribution in [0.3, 0.4) is 0 Å². The summed E-state index contributed by atoms with van der Waals surface area (Å²) in [5.74, 6) is 0.668. The average Bonchev–Trinajstić information content (AvgIpc) is 2.82. The second kappa shape index (κ2) is 6.38. The number of hydrogen-bond donors (Lipinski definition) is 0. The Morgan fingerprint density at radius 3 is 3.05 bits per heavy atom. The maximum absolute atomic E-state index is 5.43. The first kappa shape index (κ1) is 13.6. The van der Waals surface area contributed by atoms with Crippen LogP contribution in [0.5, 0.6) is 0 Å². The summed E-state index contributed by atoms with van der Waals surface area (Å²) < 4.78 is 12.7. The second-order valence-electron chi connectivity index (χ2n) is 4.34. The topological polar surface area (TPSA) is 36.3 Å². The van der Waals surface area contributed by atoms with Crippen molar-refractivity contribution < 1.29 is 9.47 Å². The van der Waals surface area contributed by atoms with E-state index in [0.717, 1.165) is 36.2 Å². The van der Waals surface area contributed by atoms with Crippen molar-refractivity contribution in [2.45, 2.75) is 19.9 Å². The fraction of sp³-hybridized carbons (Fsp3) is 0.400. The van der Waals surface area contributed by atoms with Gasteiger partial charge in [0.1, 0.15) is 5.76 Å². The largest absolute Gasteiger partial charge is 0.494 e. The molecule has 0 radical (unpaired) electrons. The molecule has 2 rings (SSSR count). The molecule has 19 heavy (non-hydrogen) atoms. The van der Waals surface area contributed by atoms with Crippen LogP contribution in [-0.4, -0.2) is 29.9 Å². The fourth-order valence-electron chi connectivity index (χ4n) is 2.05. The molecule has 0 saturated carbocycles. The summed E-state index contributed by atoms with van der Waals surface area (Å²) in [6, 6.07) is 4.10. The molecule has 0 spiro atoms. The molecule has 0 saturated heterocycles. The van der Waals surface area contributed by atoms with Crippen LogP contribution in [0.25, 0.3) is 16.8 Å². The second-order valence-corrected chi connectivity index (χ2v) is 4.34. The summed E-state index contributed by atoms with van der Waals surface area (Å²) in [6.07, 6.45) is 4.84. The SMILES string of the molecule is C=C(OCC)c1cnc2ccn(CCCOC)c2c1. The summed E-state index contributed by atoms with van der Waals surface area (Å²) in [5, 5.41) is 0. The molecule has 0 aliphatic carbocycles. The Bertz CT molecular complexity index is 560. The van der Waals surface area contributed by atoms with Crippen LogP contribution >= 0.6 is 0 Å². The number of aromatic nitrogens is 2.